The summed E-state index contributed by atoms with van der Waals surface area (Å²) in [6.45, 7) is 1.99. The molecule has 1 N–H and O–H groups in total. The highest BCUT2D eigenvalue weighted by atomic mass is 19.1. The maximum absolute atomic E-state index is 13.3. The smallest absolute Gasteiger partial charge is 0.226 e. The molecule has 0 radical (unpaired) electrons. The van der Waals surface area contributed by atoms with Gasteiger partial charge in [-0.15, -0.1) is 0 Å². The van der Waals surface area contributed by atoms with Gasteiger partial charge >= 0.3 is 0 Å². The van der Waals surface area contributed by atoms with Crippen LogP contribution in [0.2, 0.25) is 0 Å². The molecule has 1 aliphatic heterocycles. The molecule has 4 nitrogen and oxygen atoms in total. The fraction of sp³-hybridized carbons (Fsp3) is 0.500. The molecule has 0 saturated carbocycles. The van der Waals surface area contributed by atoms with Crippen molar-refractivity contribution in [1.29, 1.82) is 0 Å². The molecule has 0 bridgehead atoms. The number of nitrogens with one attached hydrogen (secondary N) is 1. The van der Waals surface area contributed by atoms with Gasteiger partial charge in [0.1, 0.15) is 0 Å². The number of benzene rings is 1. The Morgan fingerprint density at radius 1 is 1.53 bits per heavy atom. The predicted octanol–water partition coefficient (Wildman–Crippen LogP) is 1.41. The van der Waals surface area contributed by atoms with Crippen LogP contribution in [-0.2, 0) is 4.79 Å². The van der Waals surface area contributed by atoms with Gasteiger partial charge < -0.3 is 15.0 Å². The third-order valence-electron chi connectivity index (χ3n) is 3.39. The van der Waals surface area contributed by atoms with E-state index in [2.05, 4.69) is 5.32 Å². The number of nitrogens with zero attached hydrogens (tertiary/aromatic N) is 1. The first-order chi connectivity index (χ1) is 9.18. The van der Waals surface area contributed by atoms with Crippen LogP contribution < -0.4 is 10.1 Å². The second-order valence-corrected chi connectivity index (χ2v) is 4.68. The topological polar surface area (TPSA) is 41.6 Å². The van der Waals surface area contributed by atoms with Crippen LogP contribution in [0.3, 0.4) is 0 Å². The van der Waals surface area contributed by atoms with E-state index in [1.54, 1.807) is 23.1 Å². The van der Waals surface area contributed by atoms with Gasteiger partial charge in [0.25, 0.3) is 0 Å². The average molecular weight is 266 g/mol. The van der Waals surface area contributed by atoms with Crippen LogP contribution in [0.25, 0.3) is 0 Å². The monoisotopic (exact) mass is 266 g/mol. The molecule has 0 aromatic heterocycles. The zero-order chi connectivity index (χ0) is 13.7. The zero-order valence-corrected chi connectivity index (χ0v) is 11.1. The molecule has 1 unspecified atom stereocenters. The highest BCUT2D eigenvalue weighted by molar-refractivity contribution is 5.76. The number of ether oxygens (including phenoxy) is 1. The lowest BCUT2D eigenvalue weighted by Gasteiger charge is -2.23. The number of carbonyl (C=O) groups excluding carboxylic acids is 1. The molecule has 1 aromatic carbocycles. The summed E-state index contributed by atoms with van der Waals surface area (Å²) in [6.07, 6.45) is 1.25. The van der Waals surface area contributed by atoms with E-state index in [9.17, 15) is 9.18 Å². The molecule has 104 valence electrons. The molecule has 1 amide bonds. The molecule has 1 saturated heterocycles. The highest BCUT2D eigenvalue weighted by Gasteiger charge is 2.22. The molecule has 5 heteroatoms. The Hall–Kier alpha value is -1.62. The molecule has 19 heavy (non-hydrogen) atoms. The highest BCUT2D eigenvalue weighted by Crippen LogP contribution is 2.15. The molecule has 1 aliphatic rings. The van der Waals surface area contributed by atoms with E-state index in [1.807, 2.05) is 7.05 Å². The van der Waals surface area contributed by atoms with Gasteiger partial charge in [-0.3, -0.25) is 4.79 Å². The van der Waals surface area contributed by atoms with Gasteiger partial charge in [0.15, 0.2) is 11.6 Å². The van der Waals surface area contributed by atoms with Crippen LogP contribution in [0.1, 0.15) is 12.8 Å². The van der Waals surface area contributed by atoms with Crippen molar-refractivity contribution < 1.29 is 13.9 Å². The molecule has 1 fully saturated rings. The van der Waals surface area contributed by atoms with Crippen molar-refractivity contribution in [1.82, 2.24) is 10.2 Å². The third kappa shape index (κ3) is 3.67. The Bertz CT molecular complexity index is 433. The number of halogens is 1. The van der Waals surface area contributed by atoms with E-state index in [0.29, 0.717) is 0 Å². The van der Waals surface area contributed by atoms with Crippen molar-refractivity contribution >= 4 is 5.91 Å². The van der Waals surface area contributed by atoms with Crippen molar-refractivity contribution in [3.63, 3.8) is 0 Å². The molecular weight excluding hydrogens is 247 g/mol. The molecule has 0 aliphatic carbocycles. The van der Waals surface area contributed by atoms with Gasteiger partial charge in [0.2, 0.25) is 5.91 Å². The summed E-state index contributed by atoms with van der Waals surface area (Å²) in [5.74, 6) is -0.172. The lowest BCUT2D eigenvalue weighted by atomic mass is 10.2. The van der Waals surface area contributed by atoms with E-state index in [0.717, 1.165) is 19.5 Å². The summed E-state index contributed by atoms with van der Waals surface area (Å²) < 4.78 is 18.6. The van der Waals surface area contributed by atoms with Crippen molar-refractivity contribution in [2.45, 2.75) is 18.9 Å². The second kappa shape index (κ2) is 6.52. The van der Waals surface area contributed by atoms with Crippen LogP contribution in [-0.4, -0.2) is 43.6 Å². The number of likely N-dealkylation sites (N-methyl/N-ethyl adjacent to an activating group) is 1. The summed E-state index contributed by atoms with van der Waals surface area (Å²) in [7, 11) is 1.81. The minimum absolute atomic E-state index is 0.0324. The van der Waals surface area contributed by atoms with E-state index in [-0.39, 0.29) is 30.7 Å². The standard InChI is InChI=1S/C14H19FN2O2/c1-17(11-6-8-16-10-11)14(18)7-9-19-13-5-3-2-4-12(13)15/h2-5,11,16H,6-10H2,1H3. The van der Waals surface area contributed by atoms with Gasteiger partial charge in [0.05, 0.1) is 13.0 Å². The largest absolute Gasteiger partial charge is 0.490 e. The Labute approximate surface area is 112 Å². The van der Waals surface area contributed by atoms with Crippen LogP contribution in [0.15, 0.2) is 24.3 Å². The van der Waals surface area contributed by atoms with Crippen LogP contribution in [0.4, 0.5) is 4.39 Å². The summed E-state index contributed by atoms with van der Waals surface area (Å²) >= 11 is 0. The quantitative estimate of drug-likeness (QED) is 0.876. The number of rotatable bonds is 5. The molecule has 2 rings (SSSR count). The van der Waals surface area contributed by atoms with E-state index in [1.165, 1.54) is 6.07 Å². The minimum Gasteiger partial charge on any atom is -0.490 e. The first kappa shape index (κ1) is 13.8. The summed E-state index contributed by atoms with van der Waals surface area (Å²) in [4.78, 5) is 13.7. The number of para-hydroxylation sites is 1. The van der Waals surface area contributed by atoms with Gasteiger partial charge in [-0.05, 0) is 25.1 Å². The van der Waals surface area contributed by atoms with Crippen molar-refractivity contribution in [3.05, 3.63) is 30.1 Å². The van der Waals surface area contributed by atoms with Gasteiger partial charge in [-0.25, -0.2) is 4.39 Å². The van der Waals surface area contributed by atoms with E-state index in [4.69, 9.17) is 4.74 Å². The number of amides is 1. The SMILES string of the molecule is CN(C(=O)CCOc1ccccc1F)C1CCNC1. The Morgan fingerprint density at radius 2 is 2.32 bits per heavy atom. The normalized spacial score (nSPS) is 18.3. The predicted molar refractivity (Wildman–Crippen MR) is 70.6 cm³/mol. The maximum Gasteiger partial charge on any atom is 0.226 e. The number of hydrogen-bond donors (Lipinski definition) is 1. The summed E-state index contributed by atoms with van der Waals surface area (Å²) in [5, 5.41) is 3.22. The van der Waals surface area contributed by atoms with Crippen LogP contribution >= 0.6 is 0 Å². The summed E-state index contributed by atoms with van der Waals surface area (Å²) in [5.41, 5.74) is 0. The van der Waals surface area contributed by atoms with Gasteiger partial charge in [-0.2, -0.15) is 0 Å². The van der Waals surface area contributed by atoms with E-state index < -0.39 is 5.82 Å². The summed E-state index contributed by atoms with van der Waals surface area (Å²) in [6, 6.07) is 6.48. The van der Waals surface area contributed by atoms with Crippen molar-refractivity contribution in [2.75, 3.05) is 26.7 Å². The number of carbonyl (C=O) groups is 1. The fourth-order valence-corrected chi connectivity index (χ4v) is 2.16. The molecule has 1 aromatic rings. The van der Waals surface area contributed by atoms with Gasteiger partial charge in [-0.1, -0.05) is 12.1 Å². The van der Waals surface area contributed by atoms with Crippen LogP contribution in [0, 0.1) is 5.82 Å². The average Bonchev–Trinajstić information content (AvgIpc) is 2.94. The lowest BCUT2D eigenvalue weighted by molar-refractivity contribution is -0.132. The first-order valence-electron chi connectivity index (χ1n) is 6.52. The van der Waals surface area contributed by atoms with Gasteiger partial charge in [0, 0.05) is 19.6 Å². The molecule has 0 spiro atoms. The molecule has 1 heterocycles. The molecule has 1 atom stereocenters. The fourth-order valence-electron chi connectivity index (χ4n) is 2.16. The first-order valence-corrected chi connectivity index (χ1v) is 6.52. The van der Waals surface area contributed by atoms with E-state index >= 15 is 0 Å². The third-order valence-corrected chi connectivity index (χ3v) is 3.39. The molecular formula is C14H19FN2O2. The Balaban J connectivity index is 1.76. The number of hydrogen-bond acceptors (Lipinski definition) is 3. The van der Waals surface area contributed by atoms with Crippen molar-refractivity contribution in [2.24, 2.45) is 0 Å². The van der Waals surface area contributed by atoms with Crippen molar-refractivity contribution in [3.8, 4) is 5.75 Å². The minimum atomic E-state index is -0.400. The van der Waals surface area contributed by atoms with Crippen LogP contribution in [0.5, 0.6) is 5.75 Å². The Kier molecular flexibility index (Phi) is 4.74. The zero-order valence-electron chi connectivity index (χ0n) is 11.1. The maximum atomic E-state index is 13.3. The lowest BCUT2D eigenvalue weighted by Crippen LogP contribution is -2.38. The Morgan fingerprint density at radius 3 is 3.00 bits per heavy atom. The second-order valence-electron chi connectivity index (χ2n) is 4.68.